The minimum absolute atomic E-state index is 0. The van der Waals surface area contributed by atoms with Crippen LogP contribution < -0.4 is 15.8 Å². The molecule has 5 heteroatoms. The van der Waals surface area contributed by atoms with Gasteiger partial charge in [-0.3, -0.25) is 4.79 Å². The van der Waals surface area contributed by atoms with Gasteiger partial charge in [0.2, 0.25) is 5.91 Å². The van der Waals surface area contributed by atoms with E-state index in [1.54, 1.807) is 0 Å². The minimum Gasteiger partial charge on any atom is -0.492 e. The zero-order valence-electron chi connectivity index (χ0n) is 12.0. The highest BCUT2D eigenvalue weighted by atomic mass is 35.5. The zero-order valence-corrected chi connectivity index (χ0v) is 12.8. The lowest BCUT2D eigenvalue weighted by molar-refractivity contribution is -0.118. The van der Waals surface area contributed by atoms with E-state index in [4.69, 9.17) is 10.5 Å². The van der Waals surface area contributed by atoms with Crippen LogP contribution >= 0.6 is 12.4 Å². The number of nitrogens with one attached hydrogen (secondary N) is 1. The number of hydrogen-bond acceptors (Lipinski definition) is 3. The van der Waals surface area contributed by atoms with Crippen molar-refractivity contribution in [3.8, 4) is 5.75 Å². The summed E-state index contributed by atoms with van der Waals surface area (Å²) >= 11 is 0. The third-order valence-corrected chi connectivity index (χ3v) is 3.98. The van der Waals surface area contributed by atoms with Gasteiger partial charge in [0.05, 0.1) is 0 Å². The van der Waals surface area contributed by atoms with Crippen LogP contribution in [0.4, 0.5) is 5.69 Å². The summed E-state index contributed by atoms with van der Waals surface area (Å²) in [5.41, 5.74) is 6.39. The summed E-state index contributed by atoms with van der Waals surface area (Å²) in [6.07, 6.45) is 2.05. The first-order chi connectivity index (χ1) is 9.09. The van der Waals surface area contributed by atoms with Crippen LogP contribution in [0.15, 0.2) is 24.3 Å². The van der Waals surface area contributed by atoms with Crippen molar-refractivity contribution in [3.05, 3.63) is 24.3 Å². The molecule has 1 aliphatic carbocycles. The number of benzene rings is 1. The summed E-state index contributed by atoms with van der Waals surface area (Å²) in [7, 11) is 0. The van der Waals surface area contributed by atoms with Crippen molar-refractivity contribution >= 4 is 24.0 Å². The van der Waals surface area contributed by atoms with E-state index in [0.717, 1.165) is 24.3 Å². The van der Waals surface area contributed by atoms with Gasteiger partial charge in [0.25, 0.3) is 0 Å². The summed E-state index contributed by atoms with van der Waals surface area (Å²) in [5, 5.41) is 2.96. The lowest BCUT2D eigenvalue weighted by Gasteiger charge is -2.09. The molecular formula is C15H23ClN2O2. The maximum Gasteiger partial charge on any atom is 0.228 e. The standard InChI is InChI=1S/C15H22N2O2.ClH/c1-3-15(2)10-13(15)14(18)17-11-4-6-12(7-5-11)19-9-8-16;/h4-7,13H,3,8-10,16H2,1-2H3,(H,17,18);1H. The fourth-order valence-electron chi connectivity index (χ4n) is 2.25. The molecule has 1 aromatic rings. The summed E-state index contributed by atoms with van der Waals surface area (Å²) in [6, 6.07) is 7.40. The number of carbonyl (C=O) groups excluding carboxylic acids is 1. The molecule has 0 aromatic heterocycles. The normalized spacial score (nSPS) is 23.6. The van der Waals surface area contributed by atoms with Crippen LogP contribution in [-0.4, -0.2) is 19.1 Å². The van der Waals surface area contributed by atoms with E-state index in [1.165, 1.54) is 0 Å². The second-order valence-corrected chi connectivity index (χ2v) is 5.42. The molecule has 0 radical (unpaired) electrons. The van der Waals surface area contributed by atoms with E-state index in [0.29, 0.717) is 13.2 Å². The number of anilines is 1. The van der Waals surface area contributed by atoms with Gasteiger partial charge in [-0.25, -0.2) is 0 Å². The van der Waals surface area contributed by atoms with E-state index in [9.17, 15) is 4.79 Å². The van der Waals surface area contributed by atoms with Crippen molar-refractivity contribution in [2.75, 3.05) is 18.5 Å². The van der Waals surface area contributed by atoms with Crippen LogP contribution in [-0.2, 0) is 4.79 Å². The molecule has 1 saturated carbocycles. The zero-order chi connectivity index (χ0) is 13.9. The smallest absolute Gasteiger partial charge is 0.228 e. The van der Waals surface area contributed by atoms with Crippen molar-refractivity contribution in [2.45, 2.75) is 26.7 Å². The second kappa shape index (κ2) is 6.95. The van der Waals surface area contributed by atoms with Crippen molar-refractivity contribution in [1.82, 2.24) is 0 Å². The van der Waals surface area contributed by atoms with Crippen molar-refractivity contribution in [2.24, 2.45) is 17.1 Å². The van der Waals surface area contributed by atoms with Gasteiger partial charge in [-0.15, -0.1) is 12.4 Å². The molecule has 1 aliphatic rings. The largest absolute Gasteiger partial charge is 0.492 e. The molecule has 1 amide bonds. The van der Waals surface area contributed by atoms with Gasteiger partial charge in [0.1, 0.15) is 12.4 Å². The molecule has 4 nitrogen and oxygen atoms in total. The Labute approximate surface area is 126 Å². The van der Waals surface area contributed by atoms with E-state index in [1.807, 2.05) is 24.3 Å². The molecule has 1 aromatic carbocycles. The molecule has 0 saturated heterocycles. The fourth-order valence-corrected chi connectivity index (χ4v) is 2.25. The third-order valence-electron chi connectivity index (χ3n) is 3.98. The molecule has 2 rings (SSSR count). The summed E-state index contributed by atoms with van der Waals surface area (Å²) in [4.78, 5) is 12.0. The average molecular weight is 299 g/mol. The van der Waals surface area contributed by atoms with Crippen LogP contribution in [0.5, 0.6) is 5.75 Å². The average Bonchev–Trinajstić information content (AvgIpc) is 3.11. The number of halogens is 1. The van der Waals surface area contributed by atoms with E-state index >= 15 is 0 Å². The predicted molar refractivity (Wildman–Crippen MR) is 83.4 cm³/mol. The van der Waals surface area contributed by atoms with Gasteiger partial charge in [0, 0.05) is 18.2 Å². The van der Waals surface area contributed by atoms with Crippen molar-refractivity contribution in [3.63, 3.8) is 0 Å². The molecule has 20 heavy (non-hydrogen) atoms. The number of carbonyl (C=O) groups is 1. The lowest BCUT2D eigenvalue weighted by atomic mass is 10.0. The molecule has 112 valence electrons. The Bertz CT molecular complexity index is 450. The highest BCUT2D eigenvalue weighted by Gasteiger charge is 2.52. The summed E-state index contributed by atoms with van der Waals surface area (Å²) in [6.45, 7) is 5.30. The Morgan fingerprint density at radius 1 is 1.45 bits per heavy atom. The lowest BCUT2D eigenvalue weighted by Crippen LogP contribution is -2.17. The first kappa shape index (κ1) is 16.8. The molecule has 0 bridgehead atoms. The van der Waals surface area contributed by atoms with E-state index in [-0.39, 0.29) is 29.6 Å². The van der Waals surface area contributed by atoms with Gasteiger partial charge < -0.3 is 15.8 Å². The Morgan fingerprint density at radius 3 is 2.60 bits per heavy atom. The highest BCUT2D eigenvalue weighted by Crippen LogP contribution is 2.55. The van der Waals surface area contributed by atoms with Gasteiger partial charge in [-0.1, -0.05) is 13.8 Å². The number of hydrogen-bond donors (Lipinski definition) is 2. The molecule has 3 N–H and O–H groups in total. The maximum absolute atomic E-state index is 12.0. The van der Waals surface area contributed by atoms with E-state index < -0.39 is 0 Å². The van der Waals surface area contributed by atoms with Gasteiger partial charge in [0.15, 0.2) is 0 Å². The molecular weight excluding hydrogens is 276 g/mol. The van der Waals surface area contributed by atoms with Crippen molar-refractivity contribution < 1.29 is 9.53 Å². The first-order valence-electron chi connectivity index (χ1n) is 6.83. The molecule has 1 fully saturated rings. The topological polar surface area (TPSA) is 64.3 Å². The molecule has 0 aliphatic heterocycles. The number of amides is 1. The quantitative estimate of drug-likeness (QED) is 0.849. The summed E-state index contributed by atoms with van der Waals surface area (Å²) in [5.74, 6) is 1.05. The monoisotopic (exact) mass is 298 g/mol. The first-order valence-corrected chi connectivity index (χ1v) is 6.83. The van der Waals surface area contributed by atoms with E-state index in [2.05, 4.69) is 19.2 Å². The molecule has 2 unspecified atom stereocenters. The van der Waals surface area contributed by atoms with Gasteiger partial charge in [-0.05, 0) is 42.5 Å². The Balaban J connectivity index is 0.00000200. The summed E-state index contributed by atoms with van der Waals surface area (Å²) < 4.78 is 5.39. The van der Waals surface area contributed by atoms with Crippen LogP contribution in [0.1, 0.15) is 26.7 Å². The number of ether oxygens (including phenoxy) is 1. The van der Waals surface area contributed by atoms with Crippen LogP contribution in [0.2, 0.25) is 0 Å². The molecule has 0 heterocycles. The predicted octanol–water partition coefficient (Wildman–Crippen LogP) is 2.82. The highest BCUT2D eigenvalue weighted by molar-refractivity contribution is 5.95. The Kier molecular flexibility index (Phi) is 5.84. The van der Waals surface area contributed by atoms with Crippen LogP contribution in [0.25, 0.3) is 0 Å². The third kappa shape index (κ3) is 3.87. The van der Waals surface area contributed by atoms with Crippen LogP contribution in [0.3, 0.4) is 0 Å². The van der Waals surface area contributed by atoms with Gasteiger partial charge >= 0.3 is 0 Å². The molecule has 0 spiro atoms. The fraction of sp³-hybridized carbons (Fsp3) is 0.533. The van der Waals surface area contributed by atoms with Crippen LogP contribution in [0, 0.1) is 11.3 Å². The van der Waals surface area contributed by atoms with Gasteiger partial charge in [-0.2, -0.15) is 0 Å². The Hall–Kier alpha value is -1.26. The number of nitrogens with two attached hydrogens (primary N) is 1. The second-order valence-electron chi connectivity index (χ2n) is 5.42. The molecule has 2 atom stereocenters. The minimum atomic E-state index is 0. The van der Waals surface area contributed by atoms with Crippen molar-refractivity contribution in [1.29, 1.82) is 0 Å². The maximum atomic E-state index is 12.0. The SMILES string of the molecule is CCC1(C)CC1C(=O)Nc1ccc(OCCN)cc1.Cl. The Morgan fingerprint density at radius 2 is 2.10 bits per heavy atom. The number of rotatable bonds is 6.